The van der Waals surface area contributed by atoms with Gasteiger partial charge in [0.2, 0.25) is 0 Å². The van der Waals surface area contributed by atoms with E-state index in [1.165, 1.54) is 9.75 Å². The first kappa shape index (κ1) is 13.7. The van der Waals surface area contributed by atoms with Crippen molar-refractivity contribution in [3.8, 4) is 9.88 Å². The van der Waals surface area contributed by atoms with Crippen molar-refractivity contribution in [2.45, 2.75) is 46.2 Å². The topological polar surface area (TPSA) is 24.9 Å². The van der Waals surface area contributed by atoms with E-state index in [1.807, 2.05) is 11.3 Å². The molecule has 0 amide bonds. The molecular formula is C14H20N2S2. The highest BCUT2D eigenvalue weighted by Gasteiger charge is 2.11. The standard InChI is InChI=1S/C14H20N2S2/c1-5-11-6-7-12(18-11)13-16-10(9-17-13)8-15-14(2,3)4/h6-7,9,15H,5,8H2,1-4H3. The number of thiophene rings is 1. The average molecular weight is 280 g/mol. The van der Waals surface area contributed by atoms with Gasteiger partial charge in [0.1, 0.15) is 5.01 Å². The Morgan fingerprint density at radius 1 is 1.28 bits per heavy atom. The molecule has 0 unspecified atom stereocenters. The minimum atomic E-state index is 0.141. The zero-order valence-corrected chi connectivity index (χ0v) is 13.0. The summed E-state index contributed by atoms with van der Waals surface area (Å²) in [5, 5.41) is 6.76. The van der Waals surface area contributed by atoms with E-state index in [4.69, 9.17) is 4.98 Å². The minimum absolute atomic E-state index is 0.141. The second kappa shape index (κ2) is 5.51. The van der Waals surface area contributed by atoms with Crippen LogP contribution in [0.1, 0.15) is 38.3 Å². The zero-order valence-electron chi connectivity index (χ0n) is 11.4. The van der Waals surface area contributed by atoms with Gasteiger partial charge in [-0.25, -0.2) is 4.98 Å². The van der Waals surface area contributed by atoms with Crippen LogP contribution in [-0.2, 0) is 13.0 Å². The van der Waals surface area contributed by atoms with E-state index in [1.54, 1.807) is 11.3 Å². The van der Waals surface area contributed by atoms with Gasteiger partial charge in [-0.1, -0.05) is 6.92 Å². The highest BCUT2D eigenvalue weighted by atomic mass is 32.1. The average Bonchev–Trinajstić information content (AvgIpc) is 2.94. The lowest BCUT2D eigenvalue weighted by Crippen LogP contribution is -2.35. The van der Waals surface area contributed by atoms with Crippen molar-refractivity contribution in [2.75, 3.05) is 0 Å². The highest BCUT2D eigenvalue weighted by molar-refractivity contribution is 7.21. The van der Waals surface area contributed by atoms with E-state index in [0.29, 0.717) is 0 Å². The number of aromatic nitrogens is 1. The minimum Gasteiger partial charge on any atom is -0.306 e. The normalized spacial score (nSPS) is 12.0. The Morgan fingerprint density at radius 2 is 2.06 bits per heavy atom. The van der Waals surface area contributed by atoms with Crippen LogP contribution in [0, 0.1) is 0 Å². The molecule has 0 saturated carbocycles. The maximum absolute atomic E-state index is 4.70. The number of nitrogens with zero attached hydrogens (tertiary/aromatic N) is 1. The van der Waals surface area contributed by atoms with E-state index in [-0.39, 0.29) is 5.54 Å². The lowest BCUT2D eigenvalue weighted by atomic mass is 10.1. The molecule has 0 aliphatic rings. The number of rotatable bonds is 4. The molecule has 1 N–H and O–H groups in total. The third-order valence-corrected chi connectivity index (χ3v) is 4.86. The van der Waals surface area contributed by atoms with Crippen molar-refractivity contribution >= 4 is 22.7 Å². The van der Waals surface area contributed by atoms with Gasteiger partial charge < -0.3 is 5.32 Å². The molecule has 0 radical (unpaired) electrons. The number of hydrogen-bond acceptors (Lipinski definition) is 4. The first-order valence-electron chi connectivity index (χ1n) is 6.26. The Hall–Kier alpha value is -0.710. The molecule has 2 nitrogen and oxygen atoms in total. The van der Waals surface area contributed by atoms with Crippen LogP contribution in [0.3, 0.4) is 0 Å². The van der Waals surface area contributed by atoms with Gasteiger partial charge in [0.25, 0.3) is 0 Å². The molecule has 4 heteroatoms. The van der Waals surface area contributed by atoms with Gasteiger partial charge >= 0.3 is 0 Å². The fourth-order valence-electron chi connectivity index (χ4n) is 1.54. The maximum atomic E-state index is 4.70. The summed E-state index contributed by atoms with van der Waals surface area (Å²) in [6, 6.07) is 4.39. The van der Waals surface area contributed by atoms with Crippen molar-refractivity contribution in [2.24, 2.45) is 0 Å². The largest absolute Gasteiger partial charge is 0.306 e. The number of hydrogen-bond donors (Lipinski definition) is 1. The Labute approximate surface area is 117 Å². The highest BCUT2D eigenvalue weighted by Crippen LogP contribution is 2.30. The summed E-state index contributed by atoms with van der Waals surface area (Å²) in [5.41, 5.74) is 1.28. The van der Waals surface area contributed by atoms with Crippen molar-refractivity contribution in [3.63, 3.8) is 0 Å². The Bertz CT molecular complexity index is 506. The summed E-state index contributed by atoms with van der Waals surface area (Å²) in [7, 11) is 0. The summed E-state index contributed by atoms with van der Waals surface area (Å²) >= 11 is 3.59. The summed E-state index contributed by atoms with van der Waals surface area (Å²) in [6.45, 7) is 9.55. The van der Waals surface area contributed by atoms with Gasteiger partial charge in [-0.15, -0.1) is 22.7 Å². The van der Waals surface area contributed by atoms with Crippen LogP contribution in [0.2, 0.25) is 0 Å². The monoisotopic (exact) mass is 280 g/mol. The van der Waals surface area contributed by atoms with Gasteiger partial charge in [0, 0.05) is 22.3 Å². The SMILES string of the molecule is CCc1ccc(-c2nc(CNC(C)(C)C)cs2)s1. The molecule has 2 aromatic rings. The molecule has 0 atom stereocenters. The molecule has 0 fully saturated rings. The Balaban J connectivity index is 2.06. The molecular weight excluding hydrogens is 260 g/mol. The summed E-state index contributed by atoms with van der Waals surface area (Å²) in [5.74, 6) is 0. The summed E-state index contributed by atoms with van der Waals surface area (Å²) in [6.07, 6.45) is 1.11. The molecule has 0 aliphatic heterocycles. The van der Waals surface area contributed by atoms with Gasteiger partial charge in [-0.05, 0) is 39.3 Å². The van der Waals surface area contributed by atoms with E-state index in [2.05, 4.69) is 50.5 Å². The Kier molecular flexibility index (Phi) is 4.20. The third kappa shape index (κ3) is 3.64. The van der Waals surface area contributed by atoms with Gasteiger partial charge in [0.05, 0.1) is 10.6 Å². The van der Waals surface area contributed by atoms with Crippen LogP contribution in [0.5, 0.6) is 0 Å². The van der Waals surface area contributed by atoms with Crippen molar-refractivity contribution in [3.05, 3.63) is 28.1 Å². The molecule has 2 heterocycles. The molecule has 2 rings (SSSR count). The first-order chi connectivity index (χ1) is 8.48. The lowest BCUT2D eigenvalue weighted by Gasteiger charge is -2.19. The fraction of sp³-hybridized carbons (Fsp3) is 0.500. The van der Waals surface area contributed by atoms with Crippen molar-refractivity contribution in [1.29, 1.82) is 0 Å². The molecule has 0 bridgehead atoms. The van der Waals surface area contributed by atoms with E-state index < -0.39 is 0 Å². The van der Waals surface area contributed by atoms with Crippen LogP contribution < -0.4 is 5.32 Å². The molecule has 98 valence electrons. The number of thiazole rings is 1. The summed E-state index contributed by atoms with van der Waals surface area (Å²) < 4.78 is 0. The van der Waals surface area contributed by atoms with Crippen molar-refractivity contribution in [1.82, 2.24) is 10.3 Å². The van der Waals surface area contributed by atoms with Gasteiger partial charge in [-0.2, -0.15) is 0 Å². The van der Waals surface area contributed by atoms with Crippen LogP contribution in [-0.4, -0.2) is 10.5 Å². The smallest absolute Gasteiger partial charge is 0.133 e. The molecule has 18 heavy (non-hydrogen) atoms. The second-order valence-electron chi connectivity index (χ2n) is 5.37. The van der Waals surface area contributed by atoms with Crippen LogP contribution >= 0.6 is 22.7 Å². The van der Waals surface area contributed by atoms with Gasteiger partial charge in [-0.3, -0.25) is 0 Å². The van der Waals surface area contributed by atoms with Crippen LogP contribution in [0.15, 0.2) is 17.5 Å². The van der Waals surface area contributed by atoms with E-state index in [9.17, 15) is 0 Å². The number of nitrogens with one attached hydrogen (secondary N) is 1. The predicted molar refractivity (Wildman–Crippen MR) is 81.4 cm³/mol. The molecule has 0 aromatic carbocycles. The molecule has 0 spiro atoms. The molecule has 0 aliphatic carbocycles. The quantitative estimate of drug-likeness (QED) is 0.902. The zero-order chi connectivity index (χ0) is 13.2. The van der Waals surface area contributed by atoms with E-state index in [0.717, 1.165) is 23.7 Å². The summed E-state index contributed by atoms with van der Waals surface area (Å²) in [4.78, 5) is 7.41. The maximum Gasteiger partial charge on any atom is 0.133 e. The lowest BCUT2D eigenvalue weighted by molar-refractivity contribution is 0.422. The predicted octanol–water partition coefficient (Wildman–Crippen LogP) is 4.32. The molecule has 0 saturated heterocycles. The second-order valence-corrected chi connectivity index (χ2v) is 7.39. The fourth-order valence-corrected chi connectivity index (χ4v) is 3.38. The Morgan fingerprint density at radius 3 is 2.67 bits per heavy atom. The van der Waals surface area contributed by atoms with Crippen molar-refractivity contribution < 1.29 is 0 Å². The van der Waals surface area contributed by atoms with Crippen LogP contribution in [0.25, 0.3) is 9.88 Å². The molecule has 2 aromatic heterocycles. The third-order valence-electron chi connectivity index (χ3n) is 2.57. The first-order valence-corrected chi connectivity index (χ1v) is 7.96. The van der Waals surface area contributed by atoms with E-state index >= 15 is 0 Å². The number of aryl methyl sites for hydroxylation is 1. The van der Waals surface area contributed by atoms with Gasteiger partial charge in [0.15, 0.2) is 0 Å². The van der Waals surface area contributed by atoms with Crippen LogP contribution in [0.4, 0.5) is 0 Å².